The van der Waals surface area contributed by atoms with Gasteiger partial charge in [0.15, 0.2) is 5.82 Å². The van der Waals surface area contributed by atoms with E-state index in [1.807, 2.05) is 45.1 Å². The highest BCUT2D eigenvalue weighted by Gasteiger charge is 2.26. The van der Waals surface area contributed by atoms with Crippen LogP contribution in [0.2, 0.25) is 0 Å². The van der Waals surface area contributed by atoms with Crippen LogP contribution in [0, 0.1) is 5.92 Å². The summed E-state index contributed by atoms with van der Waals surface area (Å²) in [5.74, 6) is 0.724. The Morgan fingerprint density at radius 1 is 1.38 bits per heavy atom. The van der Waals surface area contributed by atoms with Crippen LogP contribution in [0.3, 0.4) is 0 Å². The molecule has 0 saturated heterocycles. The Morgan fingerprint density at radius 2 is 2.12 bits per heavy atom. The van der Waals surface area contributed by atoms with Crippen molar-refractivity contribution < 1.29 is 4.79 Å². The summed E-state index contributed by atoms with van der Waals surface area (Å²) in [6.45, 7) is 9.91. The third-order valence-electron chi connectivity index (χ3n) is 4.63. The van der Waals surface area contributed by atoms with Crippen LogP contribution in [0.4, 0.5) is 5.82 Å². The SMILES string of the molecule is C\C=C(C)/C=C\C(CC)=N/C(=C\C)C(C)C(=O)Nc1cc(C2CC2)[nH]n1. The third-order valence-corrected chi connectivity index (χ3v) is 4.63. The summed E-state index contributed by atoms with van der Waals surface area (Å²) < 4.78 is 0. The minimum Gasteiger partial charge on any atom is -0.309 e. The van der Waals surface area contributed by atoms with Crippen molar-refractivity contribution in [3.63, 3.8) is 0 Å². The van der Waals surface area contributed by atoms with Gasteiger partial charge in [0.05, 0.1) is 5.92 Å². The second kappa shape index (κ2) is 9.32. The van der Waals surface area contributed by atoms with Gasteiger partial charge in [-0.15, -0.1) is 0 Å². The molecule has 0 radical (unpaired) electrons. The first-order chi connectivity index (χ1) is 12.5. The normalized spacial score (nSPS) is 17.7. The van der Waals surface area contributed by atoms with Crippen LogP contribution in [-0.2, 0) is 4.79 Å². The second-order valence-corrected chi connectivity index (χ2v) is 6.73. The summed E-state index contributed by atoms with van der Waals surface area (Å²) in [6, 6.07) is 1.93. The summed E-state index contributed by atoms with van der Waals surface area (Å²) in [6.07, 6.45) is 11.2. The molecule has 2 rings (SSSR count). The van der Waals surface area contributed by atoms with E-state index in [-0.39, 0.29) is 11.8 Å². The maximum absolute atomic E-state index is 12.6. The van der Waals surface area contributed by atoms with Crippen LogP contribution in [0.1, 0.15) is 65.5 Å². The molecule has 0 spiro atoms. The molecule has 1 atom stereocenters. The zero-order valence-electron chi connectivity index (χ0n) is 16.5. The number of nitrogens with zero attached hydrogens (tertiary/aromatic N) is 2. The van der Waals surface area contributed by atoms with Crippen LogP contribution in [-0.4, -0.2) is 21.8 Å². The summed E-state index contributed by atoms with van der Waals surface area (Å²) in [7, 11) is 0. The first-order valence-electron chi connectivity index (χ1n) is 9.39. The molecule has 0 bridgehead atoms. The number of carbonyl (C=O) groups excluding carboxylic acids is 1. The molecule has 1 heterocycles. The molecule has 1 amide bonds. The van der Waals surface area contributed by atoms with Crippen LogP contribution < -0.4 is 5.32 Å². The lowest BCUT2D eigenvalue weighted by atomic mass is 10.1. The number of H-pyrrole nitrogens is 1. The van der Waals surface area contributed by atoms with Gasteiger partial charge in [0.2, 0.25) is 5.91 Å². The Kier molecular flexibility index (Phi) is 7.13. The lowest BCUT2D eigenvalue weighted by Gasteiger charge is -2.12. The van der Waals surface area contributed by atoms with E-state index in [0.29, 0.717) is 11.7 Å². The molecule has 0 aromatic carbocycles. The molecule has 140 valence electrons. The average Bonchev–Trinajstić information content (AvgIpc) is 3.40. The van der Waals surface area contributed by atoms with Gasteiger partial charge in [-0.1, -0.05) is 30.7 Å². The van der Waals surface area contributed by atoms with Crippen molar-refractivity contribution in [2.24, 2.45) is 10.9 Å². The van der Waals surface area contributed by atoms with Crippen LogP contribution >= 0.6 is 0 Å². The maximum Gasteiger partial charge on any atom is 0.234 e. The van der Waals surface area contributed by atoms with Crippen molar-refractivity contribution in [1.29, 1.82) is 0 Å². The number of allylic oxidation sites excluding steroid dienone is 5. The van der Waals surface area contributed by atoms with E-state index in [4.69, 9.17) is 4.99 Å². The standard InChI is InChI=1S/C21H30N4O/c1-6-14(4)9-12-17(7-2)22-18(8-3)15(5)21(26)23-20-13-19(24-25-20)16-10-11-16/h6,8-9,12-13,15-16H,7,10-11H2,1-5H3,(H2,23,24,25,26)/b12-9-,14-6-,18-8-,22-17-. The van der Waals surface area contributed by atoms with Crippen LogP contribution in [0.5, 0.6) is 0 Å². The minimum atomic E-state index is -0.348. The van der Waals surface area contributed by atoms with E-state index in [0.717, 1.165) is 23.5 Å². The molecule has 1 aliphatic rings. The number of nitrogens with one attached hydrogen (secondary N) is 2. The lowest BCUT2D eigenvalue weighted by molar-refractivity contribution is -0.118. The molecule has 5 nitrogen and oxygen atoms in total. The molecule has 0 aliphatic heterocycles. The number of aliphatic imine (C=N–C) groups is 1. The molecule has 2 N–H and O–H groups in total. The summed E-state index contributed by atoms with van der Waals surface area (Å²) in [4.78, 5) is 17.3. The smallest absolute Gasteiger partial charge is 0.234 e. The third kappa shape index (κ3) is 5.55. The quantitative estimate of drug-likeness (QED) is 0.501. The highest BCUT2D eigenvalue weighted by molar-refractivity contribution is 5.97. The summed E-state index contributed by atoms with van der Waals surface area (Å²) in [5, 5.41) is 10.1. The van der Waals surface area contributed by atoms with Crippen molar-refractivity contribution in [3.8, 4) is 0 Å². The number of amides is 1. The lowest BCUT2D eigenvalue weighted by Crippen LogP contribution is -2.22. The van der Waals surface area contributed by atoms with Crippen molar-refractivity contribution in [2.45, 2.75) is 59.8 Å². The molecule has 1 saturated carbocycles. The number of aromatic nitrogens is 2. The average molecular weight is 354 g/mol. The van der Waals surface area contributed by atoms with Gasteiger partial charge in [-0.05, 0) is 53.0 Å². The molecule has 5 heteroatoms. The summed E-state index contributed by atoms with van der Waals surface area (Å²) in [5.41, 5.74) is 4.01. The number of hydrogen-bond donors (Lipinski definition) is 2. The van der Waals surface area contributed by atoms with Gasteiger partial charge in [0.1, 0.15) is 0 Å². The minimum absolute atomic E-state index is 0.0974. The summed E-state index contributed by atoms with van der Waals surface area (Å²) >= 11 is 0. The number of hydrogen-bond acceptors (Lipinski definition) is 3. The number of anilines is 1. The predicted molar refractivity (Wildman–Crippen MR) is 108 cm³/mol. The van der Waals surface area contributed by atoms with Gasteiger partial charge in [0.25, 0.3) is 0 Å². The predicted octanol–water partition coefficient (Wildman–Crippen LogP) is 5.14. The van der Waals surface area contributed by atoms with Gasteiger partial charge >= 0.3 is 0 Å². The molecule has 1 fully saturated rings. The van der Waals surface area contributed by atoms with Gasteiger partial charge in [-0.2, -0.15) is 5.10 Å². The number of aromatic amines is 1. The highest BCUT2D eigenvalue weighted by atomic mass is 16.2. The number of carbonyl (C=O) groups is 1. The first-order valence-corrected chi connectivity index (χ1v) is 9.39. The van der Waals surface area contributed by atoms with E-state index >= 15 is 0 Å². The zero-order valence-corrected chi connectivity index (χ0v) is 16.5. The molecule has 1 aromatic rings. The highest BCUT2D eigenvalue weighted by Crippen LogP contribution is 2.39. The van der Waals surface area contributed by atoms with Crippen LogP contribution in [0.15, 0.2) is 46.6 Å². The number of rotatable bonds is 8. The Balaban J connectivity index is 2.05. The van der Waals surface area contributed by atoms with Crippen molar-refractivity contribution in [2.75, 3.05) is 5.32 Å². The largest absolute Gasteiger partial charge is 0.309 e. The molecular formula is C21H30N4O. The first kappa shape index (κ1) is 19.9. The fraction of sp³-hybridized carbons (Fsp3) is 0.476. The van der Waals surface area contributed by atoms with Gasteiger partial charge in [-0.3, -0.25) is 14.9 Å². The van der Waals surface area contributed by atoms with Crippen LogP contribution in [0.25, 0.3) is 0 Å². The maximum atomic E-state index is 12.6. The Morgan fingerprint density at radius 3 is 2.69 bits per heavy atom. The molecule has 1 aliphatic carbocycles. The van der Waals surface area contributed by atoms with Crippen molar-refractivity contribution >= 4 is 17.4 Å². The van der Waals surface area contributed by atoms with E-state index in [9.17, 15) is 4.79 Å². The topological polar surface area (TPSA) is 70.1 Å². The Labute approximate surface area is 156 Å². The van der Waals surface area contributed by atoms with Crippen molar-refractivity contribution in [3.05, 3.63) is 47.3 Å². The van der Waals surface area contributed by atoms with E-state index < -0.39 is 0 Å². The van der Waals surface area contributed by atoms with Gasteiger partial charge in [0, 0.05) is 29.1 Å². The van der Waals surface area contributed by atoms with Gasteiger partial charge in [-0.25, -0.2) is 0 Å². The monoisotopic (exact) mass is 354 g/mol. The second-order valence-electron chi connectivity index (χ2n) is 6.73. The zero-order chi connectivity index (χ0) is 19.1. The molecule has 1 aromatic heterocycles. The Bertz CT molecular complexity index is 748. The fourth-order valence-electron chi connectivity index (χ4n) is 2.51. The van der Waals surface area contributed by atoms with E-state index in [1.54, 1.807) is 0 Å². The van der Waals surface area contributed by atoms with E-state index in [2.05, 4.69) is 35.4 Å². The molecule has 1 unspecified atom stereocenters. The van der Waals surface area contributed by atoms with Gasteiger partial charge < -0.3 is 5.32 Å². The Hall–Kier alpha value is -2.43. The van der Waals surface area contributed by atoms with Crippen molar-refractivity contribution in [1.82, 2.24) is 10.2 Å². The van der Waals surface area contributed by atoms with E-state index in [1.165, 1.54) is 18.4 Å². The fourth-order valence-corrected chi connectivity index (χ4v) is 2.51. The molecule has 26 heavy (non-hydrogen) atoms. The molecular weight excluding hydrogens is 324 g/mol.